The third-order valence-electron chi connectivity index (χ3n) is 3.18. The van der Waals surface area contributed by atoms with Gasteiger partial charge in [-0.15, -0.1) is 0 Å². The van der Waals surface area contributed by atoms with Gasteiger partial charge in [0.2, 0.25) is 0 Å². The fourth-order valence-corrected chi connectivity index (χ4v) is 2.13. The van der Waals surface area contributed by atoms with E-state index >= 15 is 0 Å². The summed E-state index contributed by atoms with van der Waals surface area (Å²) in [5.41, 5.74) is 4.56. The van der Waals surface area contributed by atoms with Gasteiger partial charge >= 0.3 is 0 Å². The lowest BCUT2D eigenvalue weighted by Crippen LogP contribution is -2.46. The lowest BCUT2D eigenvalue weighted by molar-refractivity contribution is -0.0573. The number of aromatic amines is 1. The molecule has 0 aliphatic carbocycles. The maximum atomic E-state index is 11.4. The van der Waals surface area contributed by atoms with Crippen LogP contribution in [0, 0.1) is 0 Å². The van der Waals surface area contributed by atoms with Gasteiger partial charge in [-0.1, -0.05) is 0 Å². The third kappa shape index (κ3) is 2.62. The summed E-state index contributed by atoms with van der Waals surface area (Å²) in [6.45, 7) is 1.46. The topological polar surface area (TPSA) is 104 Å². The summed E-state index contributed by atoms with van der Waals surface area (Å²) in [4.78, 5) is 19.5. The van der Waals surface area contributed by atoms with E-state index in [4.69, 9.17) is 10.5 Å². The van der Waals surface area contributed by atoms with Crippen molar-refractivity contribution in [1.29, 1.82) is 0 Å². The molecule has 0 spiro atoms. The fraction of sp³-hybridized carbons (Fsp3) is 0.636. The Hall–Kier alpha value is -1.60. The summed E-state index contributed by atoms with van der Waals surface area (Å²) in [6.07, 6.45) is 2.44. The van der Waals surface area contributed by atoms with Crippen LogP contribution in [0.3, 0.4) is 0 Å². The minimum Gasteiger partial charge on any atom is -0.391 e. The predicted octanol–water partition coefficient (Wildman–Crippen LogP) is -0.670. The van der Waals surface area contributed by atoms with Crippen molar-refractivity contribution in [2.75, 3.05) is 37.4 Å². The number of nitrogens with zero attached hydrogens (tertiary/aromatic N) is 2. The van der Waals surface area contributed by atoms with Gasteiger partial charge in [0.15, 0.2) is 5.82 Å². The van der Waals surface area contributed by atoms with Gasteiger partial charge in [0.1, 0.15) is 5.69 Å². The molecule has 1 aromatic rings. The molecule has 1 aromatic heterocycles. The summed E-state index contributed by atoms with van der Waals surface area (Å²) >= 11 is 0. The highest BCUT2D eigenvalue weighted by atomic mass is 16.5. The van der Waals surface area contributed by atoms with E-state index in [-0.39, 0.29) is 11.2 Å². The van der Waals surface area contributed by atoms with E-state index in [1.165, 1.54) is 6.33 Å². The molecule has 2 heterocycles. The van der Waals surface area contributed by atoms with Crippen LogP contribution in [0.25, 0.3) is 0 Å². The van der Waals surface area contributed by atoms with Crippen molar-refractivity contribution >= 4 is 11.5 Å². The minimum absolute atomic E-state index is 0.0654. The Morgan fingerprint density at radius 1 is 1.61 bits per heavy atom. The fourth-order valence-electron chi connectivity index (χ4n) is 2.13. The van der Waals surface area contributed by atoms with Gasteiger partial charge in [0.25, 0.3) is 5.56 Å². The second-order valence-corrected chi connectivity index (χ2v) is 4.66. The van der Waals surface area contributed by atoms with Gasteiger partial charge in [0, 0.05) is 39.6 Å². The van der Waals surface area contributed by atoms with Crippen LogP contribution in [0.5, 0.6) is 0 Å². The van der Waals surface area contributed by atoms with Crippen LogP contribution < -0.4 is 16.2 Å². The Kier molecular flexibility index (Phi) is 3.53. The molecule has 1 aliphatic rings. The summed E-state index contributed by atoms with van der Waals surface area (Å²) < 4.78 is 5.22. The van der Waals surface area contributed by atoms with Gasteiger partial charge < -0.3 is 25.5 Å². The number of nitrogens with one attached hydrogen (secondary N) is 1. The Morgan fingerprint density at radius 3 is 2.94 bits per heavy atom. The van der Waals surface area contributed by atoms with Crippen LogP contribution in [-0.2, 0) is 4.74 Å². The number of hydrogen-bond donors (Lipinski definition) is 3. The van der Waals surface area contributed by atoms with Crippen LogP contribution >= 0.6 is 0 Å². The summed E-state index contributed by atoms with van der Waals surface area (Å²) in [5, 5.41) is 10.4. The number of hydrogen-bond acceptors (Lipinski definition) is 6. The molecule has 1 saturated heterocycles. The molecule has 0 atom stereocenters. The van der Waals surface area contributed by atoms with Crippen LogP contribution in [0.4, 0.5) is 11.5 Å². The predicted molar refractivity (Wildman–Crippen MR) is 67.5 cm³/mol. The molecular formula is C11H18N4O3. The molecule has 4 N–H and O–H groups in total. The average Bonchev–Trinajstić information content (AvgIpc) is 2.33. The van der Waals surface area contributed by atoms with Gasteiger partial charge in [-0.05, 0) is 0 Å². The van der Waals surface area contributed by atoms with Gasteiger partial charge in [-0.25, -0.2) is 4.98 Å². The highest BCUT2D eigenvalue weighted by molar-refractivity contribution is 5.60. The number of H-pyrrole nitrogens is 1. The number of ether oxygens (including phenoxy) is 1. The molecule has 0 amide bonds. The Morgan fingerprint density at radius 2 is 2.28 bits per heavy atom. The van der Waals surface area contributed by atoms with Crippen LogP contribution in [0.1, 0.15) is 12.8 Å². The minimum atomic E-state index is -0.816. The van der Waals surface area contributed by atoms with E-state index in [0.29, 0.717) is 38.4 Å². The van der Waals surface area contributed by atoms with Crippen molar-refractivity contribution in [3.63, 3.8) is 0 Å². The number of likely N-dealkylation sites (N-methyl/N-ethyl adjacent to an activating group) is 1. The van der Waals surface area contributed by atoms with E-state index in [9.17, 15) is 9.90 Å². The Balaban J connectivity index is 2.14. The second kappa shape index (κ2) is 4.95. The van der Waals surface area contributed by atoms with Crippen LogP contribution in [0.15, 0.2) is 11.1 Å². The van der Waals surface area contributed by atoms with E-state index < -0.39 is 5.60 Å². The Labute approximate surface area is 105 Å². The van der Waals surface area contributed by atoms with Crippen molar-refractivity contribution in [1.82, 2.24) is 9.97 Å². The lowest BCUT2D eigenvalue weighted by atomic mass is 9.94. The summed E-state index contributed by atoms with van der Waals surface area (Å²) in [7, 11) is 1.76. The zero-order valence-electron chi connectivity index (χ0n) is 10.3. The molecule has 0 radical (unpaired) electrons. The van der Waals surface area contributed by atoms with Crippen molar-refractivity contribution in [2.45, 2.75) is 18.4 Å². The van der Waals surface area contributed by atoms with Gasteiger partial charge in [0.05, 0.1) is 11.9 Å². The van der Waals surface area contributed by atoms with Crippen molar-refractivity contribution in [3.8, 4) is 0 Å². The van der Waals surface area contributed by atoms with E-state index in [1.807, 2.05) is 0 Å². The first-order valence-electron chi connectivity index (χ1n) is 5.86. The molecule has 7 nitrogen and oxygen atoms in total. The summed E-state index contributed by atoms with van der Waals surface area (Å²) in [6, 6.07) is 0. The largest absolute Gasteiger partial charge is 0.391 e. The molecule has 2 rings (SSSR count). The molecule has 1 fully saturated rings. The number of rotatable bonds is 3. The van der Waals surface area contributed by atoms with E-state index in [1.54, 1.807) is 11.9 Å². The highest BCUT2D eigenvalue weighted by Crippen LogP contribution is 2.24. The average molecular weight is 254 g/mol. The number of aromatic nitrogens is 2. The van der Waals surface area contributed by atoms with E-state index in [2.05, 4.69) is 9.97 Å². The molecular weight excluding hydrogens is 236 g/mol. The quantitative estimate of drug-likeness (QED) is 0.661. The monoisotopic (exact) mass is 254 g/mol. The zero-order valence-corrected chi connectivity index (χ0v) is 10.3. The first-order valence-corrected chi connectivity index (χ1v) is 5.86. The SMILES string of the molecule is CN(CC1(O)CCOCC1)c1nc[nH]c(=O)c1N. The van der Waals surface area contributed by atoms with Crippen molar-refractivity contribution in [2.24, 2.45) is 0 Å². The maximum Gasteiger partial charge on any atom is 0.276 e. The standard InChI is InChI=1S/C11H18N4O3/c1-15(6-11(17)2-4-18-5-3-11)9-8(12)10(16)14-7-13-9/h7,17H,2-6,12H2,1H3,(H,13,14,16). The van der Waals surface area contributed by atoms with Crippen molar-refractivity contribution in [3.05, 3.63) is 16.7 Å². The van der Waals surface area contributed by atoms with Gasteiger partial charge in [-0.2, -0.15) is 0 Å². The first kappa shape index (κ1) is 12.8. The maximum absolute atomic E-state index is 11.4. The first-order chi connectivity index (χ1) is 8.52. The number of anilines is 2. The molecule has 100 valence electrons. The van der Waals surface area contributed by atoms with E-state index in [0.717, 1.165) is 0 Å². The van der Waals surface area contributed by atoms with Gasteiger partial charge in [-0.3, -0.25) is 4.79 Å². The number of nitrogens with two attached hydrogens (primary N) is 1. The Bertz CT molecular complexity index is 468. The molecule has 0 bridgehead atoms. The van der Waals surface area contributed by atoms with Crippen molar-refractivity contribution < 1.29 is 9.84 Å². The highest BCUT2D eigenvalue weighted by Gasteiger charge is 2.31. The molecule has 0 unspecified atom stereocenters. The molecule has 0 saturated carbocycles. The number of aliphatic hydroxyl groups is 1. The number of nitrogen functional groups attached to an aromatic ring is 1. The zero-order chi connectivity index (χ0) is 13.2. The van der Waals surface area contributed by atoms with Crippen LogP contribution in [0.2, 0.25) is 0 Å². The second-order valence-electron chi connectivity index (χ2n) is 4.66. The molecule has 7 heteroatoms. The third-order valence-corrected chi connectivity index (χ3v) is 3.18. The smallest absolute Gasteiger partial charge is 0.276 e. The molecule has 1 aliphatic heterocycles. The summed E-state index contributed by atoms with van der Waals surface area (Å²) in [5.74, 6) is 0.388. The van der Waals surface area contributed by atoms with Crippen LogP contribution in [-0.4, -0.2) is 47.5 Å². The lowest BCUT2D eigenvalue weighted by Gasteiger charge is -2.35. The normalized spacial score (nSPS) is 18.6. The molecule has 18 heavy (non-hydrogen) atoms. The molecule has 0 aromatic carbocycles.